The molecule has 2 amide bonds. The van der Waals surface area contributed by atoms with Gasteiger partial charge in [0.05, 0.1) is 18.6 Å². The average Bonchev–Trinajstić information content (AvgIpc) is 2.74. The standard InChI is InChI=1S/C24H28N2O5/c1-3-31-24(30)16(2)13-20(26-23(29)21(27)15-22(25)28)14-17-9-11-19(12-10-17)18-7-5-4-6-8-18/h4-12,15-16,20,27H,3,13-14H2,1-2H3,(H2,25,28)(H,26,29)/b21-15-/t16-,20?/m1/s1. The molecule has 1 unspecified atom stereocenters. The number of esters is 1. The Bertz CT molecular complexity index is 923. The summed E-state index contributed by atoms with van der Waals surface area (Å²) in [6.07, 6.45) is 1.37. The van der Waals surface area contributed by atoms with Gasteiger partial charge in [-0.1, -0.05) is 61.5 Å². The van der Waals surface area contributed by atoms with Crippen molar-refractivity contribution in [3.8, 4) is 11.1 Å². The highest BCUT2D eigenvalue weighted by molar-refractivity contribution is 5.98. The van der Waals surface area contributed by atoms with Crippen LogP contribution in [0.25, 0.3) is 11.1 Å². The fourth-order valence-corrected chi connectivity index (χ4v) is 3.21. The first kappa shape index (κ1) is 23.7. The second kappa shape index (κ2) is 11.5. The maximum atomic E-state index is 12.2. The number of aliphatic hydroxyl groups is 1. The minimum absolute atomic E-state index is 0.267. The number of aliphatic hydroxyl groups excluding tert-OH is 1. The number of rotatable bonds is 10. The smallest absolute Gasteiger partial charge is 0.308 e. The zero-order valence-electron chi connectivity index (χ0n) is 17.7. The van der Waals surface area contributed by atoms with Gasteiger partial charge in [-0.3, -0.25) is 14.4 Å². The lowest BCUT2D eigenvalue weighted by Gasteiger charge is -2.22. The van der Waals surface area contributed by atoms with E-state index in [2.05, 4.69) is 5.32 Å². The molecule has 7 nitrogen and oxygen atoms in total. The van der Waals surface area contributed by atoms with Crippen LogP contribution < -0.4 is 11.1 Å². The largest absolute Gasteiger partial charge is 0.503 e. The molecule has 2 aromatic carbocycles. The average molecular weight is 424 g/mol. The molecular formula is C24H28N2O5. The van der Waals surface area contributed by atoms with Crippen LogP contribution in [0.2, 0.25) is 0 Å². The normalized spacial score (nSPS) is 13.2. The minimum Gasteiger partial charge on any atom is -0.503 e. The van der Waals surface area contributed by atoms with E-state index in [1.807, 2.05) is 54.6 Å². The van der Waals surface area contributed by atoms with Gasteiger partial charge in [0, 0.05) is 6.04 Å². The van der Waals surface area contributed by atoms with E-state index in [0.29, 0.717) is 18.9 Å². The van der Waals surface area contributed by atoms with Gasteiger partial charge in [-0.15, -0.1) is 0 Å². The summed E-state index contributed by atoms with van der Waals surface area (Å²) in [5, 5.41) is 12.4. The number of nitrogens with one attached hydrogen (secondary N) is 1. The summed E-state index contributed by atoms with van der Waals surface area (Å²) < 4.78 is 5.05. The van der Waals surface area contributed by atoms with Crippen LogP contribution in [0.3, 0.4) is 0 Å². The Balaban J connectivity index is 2.16. The number of hydrogen-bond acceptors (Lipinski definition) is 5. The molecule has 4 N–H and O–H groups in total. The van der Waals surface area contributed by atoms with Crippen LogP contribution in [0, 0.1) is 5.92 Å². The summed E-state index contributed by atoms with van der Waals surface area (Å²) in [6.45, 7) is 3.71. The summed E-state index contributed by atoms with van der Waals surface area (Å²) in [5.41, 5.74) is 8.08. The fraction of sp³-hybridized carbons (Fsp3) is 0.292. The Morgan fingerprint density at radius 1 is 1.06 bits per heavy atom. The zero-order valence-corrected chi connectivity index (χ0v) is 17.7. The Kier molecular flexibility index (Phi) is 8.81. The van der Waals surface area contributed by atoms with Crippen molar-refractivity contribution >= 4 is 17.8 Å². The molecule has 0 saturated heterocycles. The van der Waals surface area contributed by atoms with Gasteiger partial charge in [0.15, 0.2) is 5.76 Å². The Morgan fingerprint density at radius 3 is 2.26 bits per heavy atom. The molecule has 0 aromatic heterocycles. The molecule has 31 heavy (non-hydrogen) atoms. The first-order valence-electron chi connectivity index (χ1n) is 10.1. The second-order valence-electron chi connectivity index (χ2n) is 7.26. The quantitative estimate of drug-likeness (QED) is 0.308. The van der Waals surface area contributed by atoms with E-state index in [1.165, 1.54) is 0 Å². The molecule has 0 heterocycles. The number of benzene rings is 2. The van der Waals surface area contributed by atoms with Crippen LogP contribution in [0.5, 0.6) is 0 Å². The van der Waals surface area contributed by atoms with Crippen molar-refractivity contribution in [2.75, 3.05) is 6.61 Å². The predicted octanol–water partition coefficient (Wildman–Crippen LogP) is 2.90. The van der Waals surface area contributed by atoms with Gasteiger partial charge in [0.25, 0.3) is 5.91 Å². The topological polar surface area (TPSA) is 119 Å². The maximum absolute atomic E-state index is 12.2. The summed E-state index contributed by atoms with van der Waals surface area (Å²) >= 11 is 0. The molecule has 0 aliphatic carbocycles. The summed E-state index contributed by atoms with van der Waals surface area (Å²) in [7, 11) is 0. The van der Waals surface area contributed by atoms with Crippen LogP contribution >= 0.6 is 0 Å². The SMILES string of the molecule is CCOC(=O)[C@H](C)CC(Cc1ccc(-c2ccccc2)cc1)NC(=O)/C(O)=C/C(N)=O. The number of primary amides is 1. The summed E-state index contributed by atoms with van der Waals surface area (Å²) in [4.78, 5) is 35.2. The molecule has 2 atom stereocenters. The van der Waals surface area contributed by atoms with E-state index in [4.69, 9.17) is 10.5 Å². The lowest BCUT2D eigenvalue weighted by Crippen LogP contribution is -2.39. The molecule has 0 aliphatic rings. The van der Waals surface area contributed by atoms with Crippen molar-refractivity contribution in [1.29, 1.82) is 0 Å². The van der Waals surface area contributed by atoms with Gasteiger partial charge in [-0.2, -0.15) is 0 Å². The van der Waals surface area contributed by atoms with Crippen LogP contribution in [-0.2, 0) is 25.5 Å². The highest BCUT2D eigenvalue weighted by Crippen LogP contribution is 2.21. The van der Waals surface area contributed by atoms with Crippen molar-refractivity contribution in [1.82, 2.24) is 5.32 Å². The van der Waals surface area contributed by atoms with Crippen LogP contribution in [-0.4, -0.2) is 35.5 Å². The van der Waals surface area contributed by atoms with Crippen LogP contribution in [0.1, 0.15) is 25.8 Å². The van der Waals surface area contributed by atoms with Gasteiger partial charge in [-0.05, 0) is 36.5 Å². The third kappa shape index (κ3) is 7.62. The first-order valence-corrected chi connectivity index (χ1v) is 10.1. The number of ether oxygens (including phenoxy) is 1. The van der Waals surface area contributed by atoms with E-state index in [0.717, 1.165) is 16.7 Å². The fourth-order valence-electron chi connectivity index (χ4n) is 3.21. The van der Waals surface area contributed by atoms with E-state index in [1.54, 1.807) is 13.8 Å². The monoisotopic (exact) mass is 424 g/mol. The highest BCUT2D eigenvalue weighted by atomic mass is 16.5. The van der Waals surface area contributed by atoms with Crippen LogP contribution in [0.15, 0.2) is 66.4 Å². The molecule has 0 aliphatic heterocycles. The number of hydrogen-bond donors (Lipinski definition) is 3. The highest BCUT2D eigenvalue weighted by Gasteiger charge is 2.23. The summed E-state index contributed by atoms with van der Waals surface area (Å²) in [6, 6.07) is 17.3. The van der Waals surface area contributed by atoms with E-state index >= 15 is 0 Å². The number of nitrogens with two attached hydrogens (primary N) is 1. The molecule has 2 rings (SSSR count). The third-order valence-electron chi connectivity index (χ3n) is 4.72. The Hall–Kier alpha value is -3.61. The van der Waals surface area contributed by atoms with E-state index in [-0.39, 0.29) is 12.6 Å². The van der Waals surface area contributed by atoms with Crippen molar-refractivity contribution < 1.29 is 24.2 Å². The van der Waals surface area contributed by atoms with Gasteiger partial charge in [0.1, 0.15) is 0 Å². The lowest BCUT2D eigenvalue weighted by molar-refractivity contribution is -0.148. The molecule has 0 bridgehead atoms. The molecule has 7 heteroatoms. The number of carbonyl (C=O) groups is 3. The predicted molar refractivity (Wildman–Crippen MR) is 118 cm³/mol. The molecule has 2 aromatic rings. The molecule has 0 fully saturated rings. The minimum atomic E-state index is -0.930. The first-order chi connectivity index (χ1) is 14.8. The molecule has 0 saturated carbocycles. The van der Waals surface area contributed by atoms with Crippen molar-refractivity contribution in [3.63, 3.8) is 0 Å². The van der Waals surface area contributed by atoms with Crippen molar-refractivity contribution in [2.45, 2.75) is 32.7 Å². The third-order valence-corrected chi connectivity index (χ3v) is 4.72. The Labute approximate surface area is 181 Å². The van der Waals surface area contributed by atoms with Crippen molar-refractivity contribution in [2.24, 2.45) is 11.7 Å². The second-order valence-corrected chi connectivity index (χ2v) is 7.26. The van der Waals surface area contributed by atoms with Crippen molar-refractivity contribution in [3.05, 3.63) is 72.0 Å². The molecular weight excluding hydrogens is 396 g/mol. The molecule has 0 radical (unpaired) electrons. The zero-order chi connectivity index (χ0) is 22.8. The van der Waals surface area contributed by atoms with E-state index < -0.39 is 29.5 Å². The van der Waals surface area contributed by atoms with Crippen LogP contribution in [0.4, 0.5) is 0 Å². The lowest BCUT2D eigenvalue weighted by atomic mass is 9.94. The van der Waals surface area contributed by atoms with Gasteiger partial charge >= 0.3 is 5.97 Å². The van der Waals surface area contributed by atoms with Gasteiger partial charge < -0.3 is 20.9 Å². The van der Waals surface area contributed by atoms with Gasteiger partial charge in [-0.25, -0.2) is 0 Å². The summed E-state index contributed by atoms with van der Waals surface area (Å²) in [5.74, 6) is -3.36. The number of carbonyl (C=O) groups excluding carboxylic acids is 3. The Morgan fingerprint density at radius 2 is 1.68 bits per heavy atom. The number of amides is 2. The molecule has 0 spiro atoms. The maximum Gasteiger partial charge on any atom is 0.308 e. The molecule has 164 valence electrons. The van der Waals surface area contributed by atoms with E-state index in [9.17, 15) is 19.5 Å². The van der Waals surface area contributed by atoms with Gasteiger partial charge in [0.2, 0.25) is 5.91 Å².